The lowest BCUT2D eigenvalue weighted by Crippen LogP contribution is -2.31. The summed E-state index contributed by atoms with van der Waals surface area (Å²) in [5.41, 5.74) is 1.61. The van der Waals surface area contributed by atoms with E-state index in [-0.39, 0.29) is 22.6 Å². The van der Waals surface area contributed by atoms with Crippen molar-refractivity contribution in [3.63, 3.8) is 0 Å². The molecule has 3 aromatic rings. The number of aliphatic hydroxyl groups excluding tert-OH is 1. The fraction of sp³-hybridized carbons (Fsp3) is 0.136. The lowest BCUT2D eigenvalue weighted by Gasteiger charge is -2.09. The van der Waals surface area contributed by atoms with Gasteiger partial charge in [0.25, 0.3) is 21.8 Å². The predicted octanol–water partition coefficient (Wildman–Crippen LogP) is 1.67. The zero-order valence-corrected chi connectivity index (χ0v) is 17.3. The van der Waals surface area contributed by atoms with Crippen LogP contribution in [-0.2, 0) is 23.1 Å². The number of nitrogens with zero attached hydrogens (tertiary/aromatic N) is 1. The Bertz CT molecular complexity index is 1160. The summed E-state index contributed by atoms with van der Waals surface area (Å²) in [5.74, 6) is -1.28. The van der Waals surface area contributed by atoms with E-state index in [1.54, 1.807) is 0 Å². The largest absolute Gasteiger partial charge is 0.390 e. The number of aliphatic hydroxyl groups is 1. The second-order valence-electron chi connectivity index (χ2n) is 6.65. The lowest BCUT2D eigenvalue weighted by atomic mass is 10.1. The van der Waals surface area contributed by atoms with Gasteiger partial charge in [-0.1, -0.05) is 36.4 Å². The molecule has 0 fully saturated rings. The number of carbonyl (C=O) groups is 2. The fourth-order valence-corrected chi connectivity index (χ4v) is 3.78. The Balaban J connectivity index is 1.65. The molecule has 2 amide bonds. The van der Waals surface area contributed by atoms with Crippen LogP contribution >= 0.6 is 0 Å². The highest BCUT2D eigenvalue weighted by Gasteiger charge is 2.20. The second kappa shape index (κ2) is 9.96. The van der Waals surface area contributed by atoms with Gasteiger partial charge < -0.3 is 10.4 Å². The van der Waals surface area contributed by atoms with Gasteiger partial charge in [0.2, 0.25) is 0 Å². The van der Waals surface area contributed by atoms with Crippen LogP contribution in [0.5, 0.6) is 0 Å². The molecule has 2 aromatic carbocycles. The van der Waals surface area contributed by atoms with Crippen molar-refractivity contribution in [1.29, 1.82) is 0 Å². The summed E-state index contributed by atoms with van der Waals surface area (Å²) >= 11 is 0. The minimum atomic E-state index is -4.20. The zero-order valence-electron chi connectivity index (χ0n) is 16.5. The van der Waals surface area contributed by atoms with E-state index >= 15 is 0 Å². The number of carbonyl (C=O) groups excluding carboxylic acids is 2. The molecule has 9 heteroatoms. The average Bonchev–Trinajstić information content (AvgIpc) is 2.79. The van der Waals surface area contributed by atoms with Gasteiger partial charge in [-0.3, -0.25) is 14.6 Å². The van der Waals surface area contributed by atoms with Crippen LogP contribution < -0.4 is 10.0 Å². The van der Waals surface area contributed by atoms with Gasteiger partial charge in [0, 0.05) is 18.3 Å². The molecular weight excluding hydrogens is 418 g/mol. The molecule has 31 heavy (non-hydrogen) atoms. The number of hydrogen-bond donors (Lipinski definition) is 3. The van der Waals surface area contributed by atoms with Gasteiger partial charge in [-0.15, -0.1) is 0 Å². The van der Waals surface area contributed by atoms with E-state index in [1.807, 2.05) is 35.1 Å². The van der Waals surface area contributed by atoms with Crippen LogP contribution in [-0.4, -0.2) is 36.9 Å². The maximum atomic E-state index is 12.6. The normalized spacial score (nSPS) is 11.0. The molecular formula is C22H21N3O5S. The van der Waals surface area contributed by atoms with Crippen LogP contribution in [0.25, 0.3) is 0 Å². The van der Waals surface area contributed by atoms with Gasteiger partial charge in [0.1, 0.15) is 0 Å². The van der Waals surface area contributed by atoms with Gasteiger partial charge >= 0.3 is 0 Å². The lowest BCUT2D eigenvalue weighted by molar-refractivity contribution is 0.0952. The molecule has 8 nitrogen and oxygen atoms in total. The van der Waals surface area contributed by atoms with Gasteiger partial charge in [0.05, 0.1) is 22.8 Å². The minimum Gasteiger partial charge on any atom is -0.390 e. The predicted molar refractivity (Wildman–Crippen MR) is 114 cm³/mol. The minimum absolute atomic E-state index is 0.0237. The smallest absolute Gasteiger partial charge is 0.266 e. The molecule has 3 N–H and O–H groups in total. The van der Waals surface area contributed by atoms with Gasteiger partial charge in [-0.2, -0.15) is 0 Å². The molecule has 0 radical (unpaired) electrons. The number of benzene rings is 2. The highest BCUT2D eigenvalue weighted by molar-refractivity contribution is 7.90. The number of rotatable bonds is 8. The second-order valence-corrected chi connectivity index (χ2v) is 8.33. The van der Waals surface area contributed by atoms with Crippen LogP contribution in [0.3, 0.4) is 0 Å². The first-order chi connectivity index (χ1) is 14.9. The Labute approximate surface area is 180 Å². The van der Waals surface area contributed by atoms with E-state index in [9.17, 15) is 18.0 Å². The number of nitrogens with one attached hydrogen (secondary N) is 2. The summed E-state index contributed by atoms with van der Waals surface area (Å²) in [4.78, 5) is 28.3. The van der Waals surface area contributed by atoms with Crippen LogP contribution in [0.15, 0.2) is 77.8 Å². The molecule has 1 aromatic heterocycles. The van der Waals surface area contributed by atoms with Gasteiger partial charge in [0.15, 0.2) is 0 Å². The molecule has 0 saturated carbocycles. The monoisotopic (exact) mass is 439 g/mol. The molecule has 160 valence electrons. The molecule has 0 bridgehead atoms. The van der Waals surface area contributed by atoms with Gasteiger partial charge in [-0.25, -0.2) is 13.1 Å². The number of amides is 2. The van der Waals surface area contributed by atoms with Gasteiger partial charge in [-0.05, 0) is 42.3 Å². The van der Waals surface area contributed by atoms with Crippen molar-refractivity contribution in [3.8, 4) is 0 Å². The molecule has 0 unspecified atom stereocenters. The maximum absolute atomic E-state index is 12.6. The quantitative estimate of drug-likeness (QED) is 0.490. The summed E-state index contributed by atoms with van der Waals surface area (Å²) in [6.45, 7) is 0.105. The molecule has 0 aliphatic heterocycles. The highest BCUT2D eigenvalue weighted by Crippen LogP contribution is 2.13. The first kappa shape index (κ1) is 22.1. The third-order valence-electron chi connectivity index (χ3n) is 4.42. The third-order valence-corrected chi connectivity index (χ3v) is 5.75. The van der Waals surface area contributed by atoms with E-state index in [4.69, 9.17) is 5.11 Å². The summed E-state index contributed by atoms with van der Waals surface area (Å²) in [7, 11) is -4.20. The number of sulfonamides is 1. The Kier molecular flexibility index (Phi) is 7.11. The Morgan fingerprint density at radius 2 is 1.68 bits per heavy atom. The van der Waals surface area contributed by atoms with Crippen molar-refractivity contribution in [3.05, 3.63) is 95.3 Å². The van der Waals surface area contributed by atoms with Crippen molar-refractivity contribution in [2.75, 3.05) is 6.54 Å². The topological polar surface area (TPSA) is 125 Å². The maximum Gasteiger partial charge on any atom is 0.266 e. The standard InChI is InChI=1S/C22H21N3O5S/c26-15-19-10-9-18(14-24-19)22(28)25-31(29,30)20-8-4-7-17(13-20)21(27)23-12-11-16-5-2-1-3-6-16/h1-10,13-14,26H,11-12,15H2,(H,23,27)(H,25,28). The molecule has 0 aliphatic rings. The van der Waals surface area contributed by atoms with E-state index in [0.29, 0.717) is 18.7 Å². The first-order valence-corrected chi connectivity index (χ1v) is 10.9. The molecule has 1 heterocycles. The van der Waals surface area contributed by atoms with Crippen molar-refractivity contribution in [1.82, 2.24) is 15.0 Å². The Morgan fingerprint density at radius 3 is 2.35 bits per heavy atom. The van der Waals surface area contributed by atoms with E-state index in [2.05, 4.69) is 10.3 Å². The van der Waals surface area contributed by atoms with E-state index in [0.717, 1.165) is 5.56 Å². The van der Waals surface area contributed by atoms with Crippen LogP contribution in [0.4, 0.5) is 0 Å². The number of hydrogen-bond acceptors (Lipinski definition) is 6. The molecule has 3 rings (SSSR count). The molecule has 0 spiro atoms. The summed E-state index contributed by atoms with van der Waals surface area (Å²) in [6.07, 6.45) is 1.82. The van der Waals surface area contributed by atoms with E-state index in [1.165, 1.54) is 42.6 Å². The molecule has 0 atom stereocenters. The summed E-state index contributed by atoms with van der Waals surface area (Å²) in [6, 6.07) is 17.9. The van der Waals surface area contributed by atoms with Crippen molar-refractivity contribution < 1.29 is 23.1 Å². The van der Waals surface area contributed by atoms with Crippen LogP contribution in [0, 0.1) is 0 Å². The Hall–Kier alpha value is -3.56. The van der Waals surface area contributed by atoms with Crippen molar-refractivity contribution in [2.24, 2.45) is 0 Å². The van der Waals surface area contributed by atoms with Crippen molar-refractivity contribution >= 4 is 21.8 Å². The third kappa shape index (κ3) is 5.97. The fourth-order valence-electron chi connectivity index (χ4n) is 2.76. The summed E-state index contributed by atoms with van der Waals surface area (Å²) < 4.78 is 27.1. The number of aromatic nitrogens is 1. The molecule has 0 aliphatic carbocycles. The number of pyridine rings is 1. The highest BCUT2D eigenvalue weighted by atomic mass is 32.2. The van der Waals surface area contributed by atoms with Crippen molar-refractivity contribution in [2.45, 2.75) is 17.9 Å². The average molecular weight is 439 g/mol. The zero-order chi connectivity index (χ0) is 22.3. The summed E-state index contributed by atoms with van der Waals surface area (Å²) in [5, 5.41) is 11.7. The van der Waals surface area contributed by atoms with Crippen LogP contribution in [0.1, 0.15) is 32.0 Å². The molecule has 0 saturated heterocycles. The first-order valence-electron chi connectivity index (χ1n) is 9.44. The van der Waals surface area contributed by atoms with Crippen LogP contribution in [0.2, 0.25) is 0 Å². The van der Waals surface area contributed by atoms with E-state index < -0.39 is 21.8 Å². The SMILES string of the molecule is O=C(NCCc1ccccc1)c1cccc(S(=O)(=O)NC(=O)c2ccc(CO)nc2)c1. The Morgan fingerprint density at radius 1 is 0.903 bits per heavy atom.